The summed E-state index contributed by atoms with van der Waals surface area (Å²) in [4.78, 5) is 16.4. The van der Waals surface area contributed by atoms with Gasteiger partial charge in [0.15, 0.2) is 10.8 Å². The first-order valence-electron chi connectivity index (χ1n) is 12.5. The van der Waals surface area contributed by atoms with Crippen LogP contribution in [0.2, 0.25) is 5.02 Å². The van der Waals surface area contributed by atoms with E-state index in [1.54, 1.807) is 12.1 Å². The molecule has 0 saturated carbocycles. The number of fused-ring (bicyclic) bond motifs is 1. The van der Waals surface area contributed by atoms with Crippen LogP contribution in [-0.4, -0.2) is 22.2 Å². The second-order valence-electron chi connectivity index (χ2n) is 10.9. The number of phenols is 1. The lowest BCUT2D eigenvalue weighted by molar-refractivity contribution is -0.118. The van der Waals surface area contributed by atoms with Crippen LogP contribution >= 0.6 is 38.9 Å². The Labute approximate surface area is 240 Å². The first kappa shape index (κ1) is 27.1. The Hall–Kier alpha value is -2.52. The van der Waals surface area contributed by atoms with Crippen LogP contribution in [-0.2, 0) is 4.79 Å². The number of Topliss-reactive ketones (excluding diaryl/α,β-unsaturated/α-hetero) is 1. The monoisotopic (exact) mass is 616 g/mol. The molecule has 2 heterocycles. The predicted molar refractivity (Wildman–Crippen MR) is 156 cm³/mol. The molecule has 0 amide bonds. The number of aromatic hydroxyl groups is 1. The number of benzene rings is 2. The van der Waals surface area contributed by atoms with Crippen molar-refractivity contribution in [2.75, 3.05) is 10.2 Å². The summed E-state index contributed by atoms with van der Waals surface area (Å²) in [6.07, 6.45) is 0.0336. The van der Waals surface area contributed by atoms with Crippen molar-refractivity contribution in [1.29, 1.82) is 0 Å². The normalized spacial score (nSPS) is 19.5. The quantitative estimate of drug-likeness (QED) is 0.250. The molecule has 1 aromatic heterocycles. The van der Waals surface area contributed by atoms with Gasteiger partial charge in [-0.2, -0.15) is 0 Å². The Morgan fingerprint density at radius 3 is 2.63 bits per heavy atom. The number of hydrogen-bond donors (Lipinski definition) is 3. The highest BCUT2D eigenvalue weighted by atomic mass is 79.9. The van der Waals surface area contributed by atoms with E-state index in [4.69, 9.17) is 16.3 Å². The Kier molecular flexibility index (Phi) is 7.28. The smallest absolute Gasteiger partial charge is 0.199 e. The number of thiophene rings is 1. The molecule has 38 heavy (non-hydrogen) atoms. The van der Waals surface area contributed by atoms with Gasteiger partial charge in [-0.1, -0.05) is 68.8 Å². The van der Waals surface area contributed by atoms with Gasteiger partial charge in [-0.25, -0.2) is 0 Å². The molecule has 1 aliphatic carbocycles. The van der Waals surface area contributed by atoms with Crippen LogP contribution in [0.4, 0.5) is 11.4 Å². The van der Waals surface area contributed by atoms with Crippen molar-refractivity contribution in [2.24, 2.45) is 11.3 Å². The van der Waals surface area contributed by atoms with E-state index in [-0.39, 0.29) is 22.9 Å². The third-order valence-corrected chi connectivity index (χ3v) is 9.02. The number of carbonyl (C=O) groups excluding carboxylic acids is 1. The molecular formula is C29H30BrClN2O4S. The number of ketones is 1. The molecule has 0 radical (unpaired) electrons. The summed E-state index contributed by atoms with van der Waals surface area (Å²) in [5.74, 6) is 0.500. The van der Waals surface area contributed by atoms with E-state index < -0.39 is 12.3 Å². The number of ether oxygens (including phenoxy) is 1. The van der Waals surface area contributed by atoms with E-state index in [2.05, 4.69) is 35.1 Å². The first-order valence-corrected chi connectivity index (χ1v) is 14.5. The van der Waals surface area contributed by atoms with Crippen molar-refractivity contribution >= 4 is 56.0 Å². The van der Waals surface area contributed by atoms with Gasteiger partial charge in [-0.15, -0.1) is 0 Å². The van der Waals surface area contributed by atoms with Crippen LogP contribution in [0.5, 0.6) is 16.6 Å². The minimum atomic E-state index is -0.953. The molecule has 0 saturated heterocycles. The number of hydrogen-bond acceptors (Lipinski definition) is 7. The summed E-state index contributed by atoms with van der Waals surface area (Å²) in [5.41, 5.74) is 2.14. The van der Waals surface area contributed by atoms with Crippen LogP contribution in [0.25, 0.3) is 0 Å². The molecule has 9 heteroatoms. The van der Waals surface area contributed by atoms with Crippen molar-refractivity contribution in [3.05, 3.63) is 74.2 Å². The van der Waals surface area contributed by atoms with Gasteiger partial charge in [0.2, 0.25) is 0 Å². The molecule has 2 aromatic carbocycles. The lowest BCUT2D eigenvalue weighted by atomic mass is 9.74. The van der Waals surface area contributed by atoms with E-state index in [1.807, 2.05) is 55.1 Å². The van der Waals surface area contributed by atoms with Crippen molar-refractivity contribution < 1.29 is 19.7 Å². The number of halogens is 2. The molecule has 0 fully saturated rings. The standard InChI is InChI=1S/C29H30BrClN2O4S/c1-15(2)27(36)33-19-9-7-10-20(34)25(19)32-18-13-29(3,4)14-21(35)24(18)26(33)23-12-17(31)28(38-23)37-22-11-6-5-8-16(22)30/h5-12,15,26-27,32,34,36H,13-14H2,1-4H3. The average Bonchev–Trinajstić information content (AvgIpc) is 3.11. The van der Waals surface area contributed by atoms with Crippen LogP contribution in [0.3, 0.4) is 0 Å². The molecule has 3 N–H and O–H groups in total. The molecule has 5 rings (SSSR count). The summed E-state index contributed by atoms with van der Waals surface area (Å²) in [6.45, 7) is 7.97. The number of nitrogens with one attached hydrogen (secondary N) is 1. The van der Waals surface area contributed by atoms with E-state index >= 15 is 0 Å². The Bertz CT molecular complexity index is 1430. The molecule has 0 spiro atoms. The minimum Gasteiger partial charge on any atom is -0.506 e. The third-order valence-electron chi connectivity index (χ3n) is 6.91. The summed E-state index contributed by atoms with van der Waals surface area (Å²) in [7, 11) is 0. The van der Waals surface area contributed by atoms with Gasteiger partial charge < -0.3 is 25.2 Å². The number of para-hydroxylation sites is 2. The third kappa shape index (κ3) is 4.95. The zero-order valence-electron chi connectivity index (χ0n) is 21.6. The number of phenolic OH excluding ortho intramolecular Hbond substituents is 1. The number of nitrogens with zero attached hydrogens (tertiary/aromatic N) is 1. The van der Waals surface area contributed by atoms with Gasteiger partial charge >= 0.3 is 0 Å². The number of anilines is 2. The van der Waals surface area contributed by atoms with Crippen LogP contribution in [0, 0.1) is 11.3 Å². The van der Waals surface area contributed by atoms with Crippen molar-refractivity contribution in [2.45, 2.75) is 52.8 Å². The van der Waals surface area contributed by atoms with Crippen LogP contribution in [0.15, 0.2) is 64.3 Å². The fourth-order valence-electron chi connectivity index (χ4n) is 5.16. The minimum absolute atomic E-state index is 0.000188. The summed E-state index contributed by atoms with van der Waals surface area (Å²) < 4.78 is 6.96. The largest absolute Gasteiger partial charge is 0.506 e. The van der Waals surface area contributed by atoms with Crippen molar-refractivity contribution in [3.8, 4) is 16.6 Å². The number of carbonyl (C=O) groups is 1. The highest BCUT2D eigenvalue weighted by molar-refractivity contribution is 9.10. The maximum absolute atomic E-state index is 13.8. The second-order valence-corrected chi connectivity index (χ2v) is 13.2. The molecule has 2 unspecified atom stereocenters. The maximum Gasteiger partial charge on any atom is 0.199 e. The van der Waals surface area contributed by atoms with Crippen LogP contribution < -0.4 is 15.0 Å². The van der Waals surface area contributed by atoms with E-state index in [9.17, 15) is 15.0 Å². The number of aliphatic hydroxyl groups is 1. The topological polar surface area (TPSA) is 82.0 Å². The Morgan fingerprint density at radius 1 is 1.18 bits per heavy atom. The number of aliphatic hydroxyl groups excluding tert-OH is 1. The molecule has 6 nitrogen and oxygen atoms in total. The molecular weight excluding hydrogens is 588 g/mol. The van der Waals surface area contributed by atoms with Gasteiger partial charge in [0.05, 0.1) is 21.2 Å². The van der Waals surface area contributed by atoms with Gasteiger partial charge in [-0.3, -0.25) is 4.79 Å². The first-order chi connectivity index (χ1) is 18.0. The lowest BCUT2D eigenvalue weighted by Gasteiger charge is -2.40. The highest BCUT2D eigenvalue weighted by Gasteiger charge is 2.44. The molecule has 2 atom stereocenters. The maximum atomic E-state index is 13.8. The fourth-order valence-corrected chi connectivity index (χ4v) is 6.88. The van der Waals surface area contributed by atoms with E-state index in [0.717, 1.165) is 15.0 Å². The molecule has 2 aliphatic rings. The van der Waals surface area contributed by atoms with E-state index in [0.29, 0.717) is 45.6 Å². The fraction of sp³-hybridized carbons (Fsp3) is 0.345. The molecule has 200 valence electrons. The summed E-state index contributed by atoms with van der Waals surface area (Å²) in [6, 6.07) is 13.9. The molecule has 3 aromatic rings. The zero-order valence-corrected chi connectivity index (χ0v) is 24.7. The van der Waals surface area contributed by atoms with Gasteiger partial charge in [-0.05, 0) is 64.0 Å². The zero-order chi connectivity index (χ0) is 27.4. The lowest BCUT2D eigenvalue weighted by Crippen LogP contribution is -2.44. The van der Waals surface area contributed by atoms with Crippen LogP contribution in [0.1, 0.15) is 51.5 Å². The second kappa shape index (κ2) is 10.2. The Morgan fingerprint density at radius 2 is 1.92 bits per heavy atom. The summed E-state index contributed by atoms with van der Waals surface area (Å²) >= 11 is 11.6. The van der Waals surface area contributed by atoms with Crippen molar-refractivity contribution in [3.63, 3.8) is 0 Å². The van der Waals surface area contributed by atoms with Crippen molar-refractivity contribution in [1.82, 2.24) is 0 Å². The molecule has 0 bridgehead atoms. The average molecular weight is 618 g/mol. The SMILES string of the molecule is CC(C)C(O)N1c2cccc(O)c2NC2=C(C(=O)CC(C)(C)C2)C1c1cc(Cl)c(Oc2ccccc2Br)s1. The van der Waals surface area contributed by atoms with E-state index in [1.165, 1.54) is 11.3 Å². The summed E-state index contributed by atoms with van der Waals surface area (Å²) in [5, 5.41) is 26.8. The molecule has 1 aliphatic heterocycles. The highest BCUT2D eigenvalue weighted by Crippen LogP contribution is 2.54. The predicted octanol–water partition coefficient (Wildman–Crippen LogP) is 8.25. The number of allylic oxidation sites excluding steroid dienone is 1. The Balaban J connectivity index is 1.73. The van der Waals surface area contributed by atoms with Gasteiger partial charge in [0, 0.05) is 22.6 Å². The number of rotatable bonds is 5. The van der Waals surface area contributed by atoms with Gasteiger partial charge in [0.1, 0.15) is 23.4 Å². The van der Waals surface area contributed by atoms with Gasteiger partial charge in [0.25, 0.3) is 0 Å².